The fraction of sp³-hybridized carbons (Fsp3) is 0.250. The molecule has 2 amide bonds. The van der Waals surface area contributed by atoms with E-state index in [0.29, 0.717) is 24.3 Å². The first-order valence-corrected chi connectivity index (χ1v) is 10.1. The molecule has 6 nitrogen and oxygen atoms in total. The Balaban J connectivity index is 1.30. The van der Waals surface area contributed by atoms with E-state index in [1.165, 1.54) is 17.4 Å². The third-order valence-electron chi connectivity index (χ3n) is 5.28. The molecule has 1 fully saturated rings. The quantitative estimate of drug-likeness (QED) is 0.704. The molecule has 2 aromatic carbocycles. The maximum absolute atomic E-state index is 12.8. The van der Waals surface area contributed by atoms with Gasteiger partial charge in [-0.1, -0.05) is 29.8 Å². The van der Waals surface area contributed by atoms with Crippen LogP contribution in [0.5, 0.6) is 0 Å². The molecule has 1 aliphatic heterocycles. The van der Waals surface area contributed by atoms with E-state index in [9.17, 15) is 9.59 Å². The van der Waals surface area contributed by atoms with Crippen LogP contribution >= 0.6 is 0 Å². The highest BCUT2D eigenvalue weighted by atomic mass is 16.3. The SMILES string of the molecule is Cc1cccc(CN2CCN(C(=O)c3ccc(NC(=O)c4ccco4)cc3)CC2)c1. The lowest BCUT2D eigenvalue weighted by Crippen LogP contribution is -2.48. The molecule has 1 aliphatic rings. The van der Waals surface area contributed by atoms with Crippen molar-refractivity contribution in [3.63, 3.8) is 0 Å². The molecular weight excluding hydrogens is 378 g/mol. The van der Waals surface area contributed by atoms with Crippen molar-refractivity contribution in [3.05, 3.63) is 89.4 Å². The number of carbonyl (C=O) groups excluding carboxylic acids is 2. The average molecular weight is 403 g/mol. The summed E-state index contributed by atoms with van der Waals surface area (Å²) in [6.07, 6.45) is 1.46. The predicted molar refractivity (Wildman–Crippen MR) is 115 cm³/mol. The molecule has 4 rings (SSSR count). The van der Waals surface area contributed by atoms with E-state index in [2.05, 4.69) is 41.4 Å². The molecule has 154 valence electrons. The van der Waals surface area contributed by atoms with Crippen molar-refractivity contribution in [2.45, 2.75) is 13.5 Å². The van der Waals surface area contributed by atoms with Gasteiger partial charge in [0.25, 0.3) is 11.8 Å². The van der Waals surface area contributed by atoms with E-state index in [-0.39, 0.29) is 17.6 Å². The Morgan fingerprint density at radius 3 is 2.40 bits per heavy atom. The van der Waals surface area contributed by atoms with Crippen molar-refractivity contribution in [2.75, 3.05) is 31.5 Å². The Hall–Kier alpha value is -3.38. The van der Waals surface area contributed by atoms with E-state index in [4.69, 9.17) is 4.42 Å². The number of nitrogens with one attached hydrogen (secondary N) is 1. The summed E-state index contributed by atoms with van der Waals surface area (Å²) in [6, 6.07) is 18.8. The van der Waals surface area contributed by atoms with Crippen LogP contribution in [0.1, 0.15) is 32.0 Å². The van der Waals surface area contributed by atoms with Crippen LogP contribution in [-0.2, 0) is 6.54 Å². The van der Waals surface area contributed by atoms with E-state index < -0.39 is 0 Å². The number of carbonyl (C=O) groups is 2. The van der Waals surface area contributed by atoms with Crippen molar-refractivity contribution in [1.29, 1.82) is 0 Å². The number of piperazine rings is 1. The Bertz CT molecular complexity index is 1000. The maximum Gasteiger partial charge on any atom is 0.291 e. The molecule has 0 saturated carbocycles. The molecule has 0 spiro atoms. The lowest BCUT2D eigenvalue weighted by molar-refractivity contribution is 0.0628. The monoisotopic (exact) mass is 403 g/mol. The van der Waals surface area contributed by atoms with Gasteiger partial charge in [-0.2, -0.15) is 0 Å². The second kappa shape index (κ2) is 8.97. The van der Waals surface area contributed by atoms with Gasteiger partial charge in [-0.15, -0.1) is 0 Å². The average Bonchev–Trinajstić information content (AvgIpc) is 3.30. The number of hydrogen-bond acceptors (Lipinski definition) is 4. The Morgan fingerprint density at radius 2 is 1.73 bits per heavy atom. The van der Waals surface area contributed by atoms with Gasteiger partial charge < -0.3 is 14.6 Å². The van der Waals surface area contributed by atoms with E-state index >= 15 is 0 Å². The predicted octanol–water partition coefficient (Wildman–Crippen LogP) is 3.80. The summed E-state index contributed by atoms with van der Waals surface area (Å²) in [7, 11) is 0. The second-order valence-corrected chi connectivity index (χ2v) is 7.57. The number of furan rings is 1. The highest BCUT2D eigenvalue weighted by Crippen LogP contribution is 2.16. The normalized spacial score (nSPS) is 14.5. The molecular formula is C24H25N3O3. The first-order valence-electron chi connectivity index (χ1n) is 10.1. The molecule has 2 heterocycles. The van der Waals surface area contributed by atoms with Crippen LogP contribution in [0.2, 0.25) is 0 Å². The summed E-state index contributed by atoms with van der Waals surface area (Å²) in [6.45, 7) is 6.15. The van der Waals surface area contributed by atoms with E-state index in [0.717, 1.165) is 19.6 Å². The molecule has 1 N–H and O–H groups in total. The van der Waals surface area contributed by atoms with Crippen LogP contribution in [0.15, 0.2) is 71.3 Å². The van der Waals surface area contributed by atoms with Crippen molar-refractivity contribution < 1.29 is 14.0 Å². The lowest BCUT2D eigenvalue weighted by Gasteiger charge is -2.34. The molecule has 0 radical (unpaired) electrons. The first-order chi connectivity index (χ1) is 14.6. The van der Waals surface area contributed by atoms with Crippen LogP contribution in [0, 0.1) is 6.92 Å². The van der Waals surface area contributed by atoms with Gasteiger partial charge in [0.2, 0.25) is 0 Å². The summed E-state index contributed by atoms with van der Waals surface area (Å²) >= 11 is 0. The summed E-state index contributed by atoms with van der Waals surface area (Å²) < 4.78 is 5.08. The van der Waals surface area contributed by atoms with Gasteiger partial charge in [-0.25, -0.2) is 0 Å². The van der Waals surface area contributed by atoms with Crippen molar-refractivity contribution in [2.24, 2.45) is 0 Å². The van der Waals surface area contributed by atoms with Gasteiger partial charge in [-0.05, 0) is 48.9 Å². The minimum atomic E-state index is -0.316. The van der Waals surface area contributed by atoms with Crippen molar-refractivity contribution in [3.8, 4) is 0 Å². The standard InChI is InChI=1S/C24H25N3O3/c1-18-4-2-5-19(16-18)17-26-11-13-27(14-12-26)24(29)20-7-9-21(10-8-20)25-23(28)22-6-3-15-30-22/h2-10,15-16H,11-14,17H2,1H3,(H,25,28). The Morgan fingerprint density at radius 1 is 0.967 bits per heavy atom. The lowest BCUT2D eigenvalue weighted by atomic mass is 10.1. The van der Waals surface area contributed by atoms with E-state index in [1.54, 1.807) is 36.4 Å². The zero-order valence-corrected chi connectivity index (χ0v) is 17.0. The van der Waals surface area contributed by atoms with Gasteiger partial charge in [0.1, 0.15) is 0 Å². The van der Waals surface area contributed by atoms with E-state index in [1.807, 2.05) is 4.90 Å². The number of amides is 2. The molecule has 30 heavy (non-hydrogen) atoms. The summed E-state index contributed by atoms with van der Waals surface area (Å²) in [5, 5.41) is 2.76. The fourth-order valence-corrected chi connectivity index (χ4v) is 3.66. The van der Waals surface area contributed by atoms with Crippen LogP contribution in [0.25, 0.3) is 0 Å². The number of hydrogen-bond donors (Lipinski definition) is 1. The van der Waals surface area contributed by atoms with Gasteiger partial charge in [0.05, 0.1) is 6.26 Å². The minimum Gasteiger partial charge on any atom is -0.459 e. The van der Waals surface area contributed by atoms with Crippen molar-refractivity contribution in [1.82, 2.24) is 9.80 Å². The maximum atomic E-state index is 12.8. The highest BCUT2D eigenvalue weighted by molar-refractivity contribution is 6.02. The fourth-order valence-electron chi connectivity index (χ4n) is 3.66. The molecule has 1 saturated heterocycles. The van der Waals surface area contributed by atoms with Crippen molar-refractivity contribution >= 4 is 17.5 Å². The minimum absolute atomic E-state index is 0.0223. The van der Waals surface area contributed by atoms with Gasteiger partial charge >= 0.3 is 0 Å². The highest BCUT2D eigenvalue weighted by Gasteiger charge is 2.22. The van der Waals surface area contributed by atoms with Crippen LogP contribution < -0.4 is 5.32 Å². The third-order valence-corrected chi connectivity index (χ3v) is 5.28. The number of benzene rings is 2. The zero-order chi connectivity index (χ0) is 20.9. The molecule has 0 atom stereocenters. The topological polar surface area (TPSA) is 65.8 Å². The smallest absolute Gasteiger partial charge is 0.291 e. The molecule has 0 bridgehead atoms. The number of rotatable bonds is 5. The zero-order valence-electron chi connectivity index (χ0n) is 17.0. The number of anilines is 1. The van der Waals surface area contributed by atoms with Gasteiger partial charge in [0, 0.05) is 44.0 Å². The van der Waals surface area contributed by atoms with Crippen LogP contribution in [0.4, 0.5) is 5.69 Å². The molecule has 1 aromatic heterocycles. The summed E-state index contributed by atoms with van der Waals surface area (Å²) in [5.41, 5.74) is 3.82. The molecule has 0 aliphatic carbocycles. The third kappa shape index (κ3) is 4.78. The van der Waals surface area contributed by atoms with Crippen LogP contribution in [-0.4, -0.2) is 47.8 Å². The molecule has 3 aromatic rings. The molecule has 0 unspecified atom stereocenters. The Labute approximate surface area is 176 Å². The van der Waals surface area contributed by atoms with Gasteiger partial charge in [-0.3, -0.25) is 14.5 Å². The number of nitrogens with zero attached hydrogens (tertiary/aromatic N) is 2. The largest absolute Gasteiger partial charge is 0.459 e. The Kier molecular flexibility index (Phi) is 5.95. The summed E-state index contributed by atoms with van der Waals surface area (Å²) in [5.74, 6) is -0.0448. The summed E-state index contributed by atoms with van der Waals surface area (Å²) in [4.78, 5) is 29.1. The number of aryl methyl sites for hydroxylation is 1. The van der Waals surface area contributed by atoms with Gasteiger partial charge in [0.15, 0.2) is 5.76 Å². The van der Waals surface area contributed by atoms with Crippen LogP contribution in [0.3, 0.4) is 0 Å². The second-order valence-electron chi connectivity index (χ2n) is 7.57. The first kappa shape index (κ1) is 19.9. The molecule has 6 heteroatoms.